The predicted octanol–water partition coefficient (Wildman–Crippen LogP) is 4.13. The maximum absolute atomic E-state index is 12.2. The van der Waals surface area contributed by atoms with Crippen LogP contribution < -0.4 is 4.90 Å². The van der Waals surface area contributed by atoms with E-state index in [0.717, 1.165) is 22.7 Å². The molecular weight excluding hydrogens is 270 g/mol. The minimum absolute atomic E-state index is 0.191. The highest BCUT2D eigenvalue weighted by molar-refractivity contribution is 6.30. The molecule has 0 radical (unpaired) electrons. The first-order valence-electron chi connectivity index (χ1n) is 6.78. The average molecular weight is 286 g/mol. The zero-order valence-electron chi connectivity index (χ0n) is 11.4. The van der Waals surface area contributed by atoms with E-state index in [0.29, 0.717) is 13.0 Å². The molecule has 1 amide bonds. The SMILES string of the molecule is Cc1ccc2c(c1)CCC(=O)N2Cc1ccc(Cl)cc1. The van der Waals surface area contributed by atoms with Crippen LogP contribution in [0, 0.1) is 6.92 Å². The van der Waals surface area contributed by atoms with E-state index in [4.69, 9.17) is 11.6 Å². The molecule has 2 aromatic rings. The number of carbonyl (C=O) groups is 1. The van der Waals surface area contributed by atoms with Crippen LogP contribution in [0.1, 0.15) is 23.1 Å². The molecule has 2 nitrogen and oxygen atoms in total. The summed E-state index contributed by atoms with van der Waals surface area (Å²) in [5.74, 6) is 0.191. The fourth-order valence-electron chi connectivity index (χ4n) is 2.63. The molecule has 3 heteroatoms. The zero-order chi connectivity index (χ0) is 14.1. The molecule has 102 valence electrons. The number of hydrogen-bond acceptors (Lipinski definition) is 1. The quantitative estimate of drug-likeness (QED) is 0.812. The lowest BCUT2D eigenvalue weighted by Crippen LogP contribution is -2.34. The van der Waals surface area contributed by atoms with Gasteiger partial charge in [0.2, 0.25) is 5.91 Å². The van der Waals surface area contributed by atoms with Crippen LogP contribution in [-0.4, -0.2) is 5.91 Å². The minimum atomic E-state index is 0.191. The number of amides is 1. The molecule has 3 rings (SSSR count). The van der Waals surface area contributed by atoms with Crippen LogP contribution in [0.25, 0.3) is 0 Å². The van der Waals surface area contributed by atoms with Crippen molar-refractivity contribution in [1.82, 2.24) is 0 Å². The average Bonchev–Trinajstić information content (AvgIpc) is 2.44. The van der Waals surface area contributed by atoms with Crippen molar-refractivity contribution in [3.8, 4) is 0 Å². The fourth-order valence-corrected chi connectivity index (χ4v) is 2.76. The number of carbonyl (C=O) groups excluding carboxylic acids is 1. The van der Waals surface area contributed by atoms with Crippen molar-refractivity contribution in [2.45, 2.75) is 26.3 Å². The largest absolute Gasteiger partial charge is 0.308 e. The zero-order valence-corrected chi connectivity index (χ0v) is 12.2. The number of benzene rings is 2. The number of hydrogen-bond donors (Lipinski definition) is 0. The van der Waals surface area contributed by atoms with E-state index >= 15 is 0 Å². The fraction of sp³-hybridized carbons (Fsp3) is 0.235. The van der Waals surface area contributed by atoms with Gasteiger partial charge in [-0.3, -0.25) is 4.79 Å². The summed E-state index contributed by atoms with van der Waals surface area (Å²) >= 11 is 5.90. The Hall–Kier alpha value is -1.80. The topological polar surface area (TPSA) is 20.3 Å². The molecule has 0 bridgehead atoms. The maximum Gasteiger partial charge on any atom is 0.227 e. The molecule has 1 aliphatic heterocycles. The van der Waals surface area contributed by atoms with Crippen LogP contribution in [-0.2, 0) is 17.8 Å². The lowest BCUT2D eigenvalue weighted by Gasteiger charge is -2.29. The van der Waals surface area contributed by atoms with Crippen molar-refractivity contribution in [2.75, 3.05) is 4.90 Å². The van der Waals surface area contributed by atoms with Crippen molar-refractivity contribution in [1.29, 1.82) is 0 Å². The van der Waals surface area contributed by atoms with Crippen molar-refractivity contribution < 1.29 is 4.79 Å². The summed E-state index contributed by atoms with van der Waals surface area (Å²) in [6, 6.07) is 14.0. The Bertz CT molecular complexity index is 649. The van der Waals surface area contributed by atoms with Crippen molar-refractivity contribution in [3.05, 3.63) is 64.2 Å². The van der Waals surface area contributed by atoms with Crippen LogP contribution in [0.15, 0.2) is 42.5 Å². The highest BCUT2D eigenvalue weighted by Crippen LogP contribution is 2.30. The van der Waals surface area contributed by atoms with Crippen LogP contribution in [0.5, 0.6) is 0 Å². The number of aryl methyl sites for hydroxylation is 2. The first kappa shape index (κ1) is 13.2. The van der Waals surface area contributed by atoms with E-state index in [1.54, 1.807) is 0 Å². The van der Waals surface area contributed by atoms with Crippen LogP contribution in [0.2, 0.25) is 5.02 Å². The van der Waals surface area contributed by atoms with Gasteiger partial charge < -0.3 is 4.90 Å². The number of halogens is 1. The van der Waals surface area contributed by atoms with Gasteiger partial charge >= 0.3 is 0 Å². The standard InChI is InChI=1S/C17H16ClNO/c1-12-2-8-16-14(10-12)5-9-17(20)19(16)11-13-3-6-15(18)7-4-13/h2-4,6-8,10H,5,9,11H2,1H3. The second-order valence-electron chi connectivity index (χ2n) is 5.24. The summed E-state index contributed by atoms with van der Waals surface area (Å²) in [6.45, 7) is 2.69. The first-order valence-corrected chi connectivity index (χ1v) is 7.15. The van der Waals surface area contributed by atoms with E-state index < -0.39 is 0 Å². The summed E-state index contributed by atoms with van der Waals surface area (Å²) in [6.07, 6.45) is 1.43. The number of nitrogens with zero attached hydrogens (tertiary/aromatic N) is 1. The van der Waals surface area contributed by atoms with Crippen molar-refractivity contribution >= 4 is 23.2 Å². The molecule has 0 aliphatic carbocycles. The monoisotopic (exact) mass is 285 g/mol. The molecule has 0 aromatic heterocycles. The van der Waals surface area contributed by atoms with Gasteiger partial charge in [-0.25, -0.2) is 0 Å². The van der Waals surface area contributed by atoms with E-state index in [9.17, 15) is 4.79 Å². The molecule has 2 aromatic carbocycles. The van der Waals surface area contributed by atoms with Gasteiger partial charge in [0.25, 0.3) is 0 Å². The van der Waals surface area contributed by atoms with E-state index in [1.165, 1.54) is 11.1 Å². The predicted molar refractivity (Wildman–Crippen MR) is 82.1 cm³/mol. The van der Waals surface area contributed by atoms with E-state index in [2.05, 4.69) is 25.1 Å². The van der Waals surface area contributed by atoms with Gasteiger partial charge in [0.05, 0.1) is 6.54 Å². The van der Waals surface area contributed by atoms with Crippen LogP contribution in [0.3, 0.4) is 0 Å². The normalized spacial score (nSPS) is 14.3. The molecular formula is C17H16ClNO. The molecule has 20 heavy (non-hydrogen) atoms. The van der Waals surface area contributed by atoms with E-state index in [-0.39, 0.29) is 5.91 Å². The molecule has 1 heterocycles. The molecule has 0 unspecified atom stereocenters. The molecule has 0 atom stereocenters. The Kier molecular flexibility index (Phi) is 3.49. The van der Waals surface area contributed by atoms with Crippen LogP contribution >= 0.6 is 11.6 Å². The lowest BCUT2D eigenvalue weighted by atomic mass is 9.98. The van der Waals surface area contributed by atoms with Crippen molar-refractivity contribution in [3.63, 3.8) is 0 Å². The van der Waals surface area contributed by atoms with Crippen molar-refractivity contribution in [2.24, 2.45) is 0 Å². The highest BCUT2D eigenvalue weighted by Gasteiger charge is 2.23. The number of anilines is 1. The summed E-state index contributed by atoms with van der Waals surface area (Å²) < 4.78 is 0. The minimum Gasteiger partial charge on any atom is -0.308 e. The first-order chi connectivity index (χ1) is 9.63. The van der Waals surface area contributed by atoms with Gasteiger partial charge in [-0.15, -0.1) is 0 Å². The Morgan fingerprint density at radius 3 is 2.60 bits per heavy atom. The summed E-state index contributed by atoms with van der Waals surface area (Å²) in [5, 5.41) is 0.717. The molecule has 0 spiro atoms. The highest BCUT2D eigenvalue weighted by atomic mass is 35.5. The lowest BCUT2D eigenvalue weighted by molar-refractivity contribution is -0.119. The third kappa shape index (κ3) is 2.56. The van der Waals surface area contributed by atoms with Crippen LogP contribution in [0.4, 0.5) is 5.69 Å². The second-order valence-corrected chi connectivity index (χ2v) is 5.67. The maximum atomic E-state index is 12.2. The molecule has 0 saturated carbocycles. The number of fused-ring (bicyclic) bond motifs is 1. The van der Waals surface area contributed by atoms with Gasteiger partial charge in [-0.2, -0.15) is 0 Å². The molecule has 0 saturated heterocycles. The molecule has 1 aliphatic rings. The Morgan fingerprint density at radius 1 is 1.10 bits per heavy atom. The number of rotatable bonds is 2. The van der Waals surface area contributed by atoms with Gasteiger partial charge in [0, 0.05) is 17.1 Å². The van der Waals surface area contributed by atoms with Gasteiger partial charge in [0.15, 0.2) is 0 Å². The smallest absolute Gasteiger partial charge is 0.227 e. The third-order valence-electron chi connectivity index (χ3n) is 3.69. The summed E-state index contributed by atoms with van der Waals surface area (Å²) in [5.41, 5.74) is 4.64. The molecule has 0 fully saturated rings. The van der Waals surface area contributed by atoms with Gasteiger partial charge in [0.1, 0.15) is 0 Å². The summed E-state index contributed by atoms with van der Waals surface area (Å²) in [7, 11) is 0. The third-order valence-corrected chi connectivity index (χ3v) is 3.94. The second kappa shape index (κ2) is 5.29. The van der Waals surface area contributed by atoms with Gasteiger partial charge in [-0.05, 0) is 42.7 Å². The Morgan fingerprint density at radius 2 is 1.85 bits per heavy atom. The van der Waals surface area contributed by atoms with E-state index in [1.807, 2.05) is 29.2 Å². The summed E-state index contributed by atoms with van der Waals surface area (Å²) in [4.78, 5) is 14.1. The molecule has 0 N–H and O–H groups in total. The Labute approximate surface area is 124 Å². The Balaban J connectivity index is 1.93. The van der Waals surface area contributed by atoms with Gasteiger partial charge in [-0.1, -0.05) is 41.4 Å².